The van der Waals surface area contributed by atoms with E-state index in [1.54, 1.807) is 6.07 Å². The molecule has 1 unspecified atom stereocenters. The summed E-state index contributed by atoms with van der Waals surface area (Å²) in [5, 5.41) is 8.54. The molecule has 5 heteroatoms. The molecule has 1 atom stereocenters. The molecule has 1 aromatic rings. The van der Waals surface area contributed by atoms with E-state index in [0.717, 1.165) is 4.47 Å². The van der Waals surface area contributed by atoms with Gasteiger partial charge in [0.1, 0.15) is 11.8 Å². The van der Waals surface area contributed by atoms with Crippen molar-refractivity contribution >= 4 is 21.9 Å². The molecule has 15 heavy (non-hydrogen) atoms. The Morgan fingerprint density at radius 2 is 2.33 bits per heavy atom. The third-order valence-electron chi connectivity index (χ3n) is 1.81. The van der Waals surface area contributed by atoms with Crippen LogP contribution in [-0.4, -0.2) is 23.7 Å². The van der Waals surface area contributed by atoms with E-state index < -0.39 is 12.0 Å². The van der Waals surface area contributed by atoms with Gasteiger partial charge in [0.15, 0.2) is 0 Å². The molecule has 0 heterocycles. The third-order valence-corrected chi connectivity index (χ3v) is 2.30. The Kier molecular flexibility index (Phi) is 4.58. The second-order valence-corrected chi connectivity index (χ2v) is 3.95. The van der Waals surface area contributed by atoms with Gasteiger partial charge in [-0.25, -0.2) is 0 Å². The van der Waals surface area contributed by atoms with Crippen molar-refractivity contribution in [3.63, 3.8) is 0 Å². The van der Waals surface area contributed by atoms with Crippen molar-refractivity contribution in [1.82, 2.24) is 0 Å². The first-order chi connectivity index (χ1) is 7.09. The number of ether oxygens (including phenoxy) is 1. The highest BCUT2D eigenvalue weighted by Gasteiger charge is 2.10. The molecule has 0 aliphatic carbocycles. The molecular formula is C10H12BrNO3. The Labute approximate surface area is 96.2 Å². The van der Waals surface area contributed by atoms with Crippen molar-refractivity contribution in [2.24, 2.45) is 5.73 Å². The van der Waals surface area contributed by atoms with Crippen molar-refractivity contribution in [2.75, 3.05) is 6.61 Å². The molecule has 0 saturated heterocycles. The maximum Gasteiger partial charge on any atom is 0.320 e. The van der Waals surface area contributed by atoms with E-state index in [9.17, 15) is 4.79 Å². The molecule has 82 valence electrons. The van der Waals surface area contributed by atoms with Gasteiger partial charge in [0.05, 0.1) is 6.61 Å². The van der Waals surface area contributed by atoms with Gasteiger partial charge in [-0.15, -0.1) is 0 Å². The summed E-state index contributed by atoms with van der Waals surface area (Å²) in [6, 6.07) is 6.48. The van der Waals surface area contributed by atoms with E-state index in [2.05, 4.69) is 15.9 Å². The quantitative estimate of drug-likeness (QED) is 0.856. The van der Waals surface area contributed by atoms with Gasteiger partial charge < -0.3 is 15.6 Å². The number of rotatable bonds is 5. The average molecular weight is 274 g/mol. The van der Waals surface area contributed by atoms with Gasteiger partial charge in [-0.3, -0.25) is 4.79 Å². The van der Waals surface area contributed by atoms with E-state index in [-0.39, 0.29) is 0 Å². The van der Waals surface area contributed by atoms with Crippen LogP contribution >= 0.6 is 15.9 Å². The van der Waals surface area contributed by atoms with Gasteiger partial charge in [-0.1, -0.05) is 22.0 Å². The lowest BCUT2D eigenvalue weighted by Crippen LogP contribution is -2.31. The van der Waals surface area contributed by atoms with E-state index in [1.165, 1.54) is 0 Å². The van der Waals surface area contributed by atoms with Crippen LogP contribution in [0.15, 0.2) is 28.7 Å². The van der Waals surface area contributed by atoms with Gasteiger partial charge >= 0.3 is 5.97 Å². The summed E-state index contributed by atoms with van der Waals surface area (Å²) in [6.07, 6.45) is 0.293. The summed E-state index contributed by atoms with van der Waals surface area (Å²) in [7, 11) is 0. The fourth-order valence-electron chi connectivity index (χ4n) is 0.984. The molecule has 0 fully saturated rings. The van der Waals surface area contributed by atoms with Crippen molar-refractivity contribution in [3.8, 4) is 5.75 Å². The predicted octanol–water partition coefficient (Wildman–Crippen LogP) is 1.63. The van der Waals surface area contributed by atoms with Crippen LogP contribution in [0.4, 0.5) is 0 Å². The third kappa shape index (κ3) is 4.31. The SMILES string of the molecule is NC(CCOc1cccc(Br)c1)C(=O)O. The number of nitrogens with two attached hydrogens (primary N) is 1. The molecule has 0 spiro atoms. The summed E-state index contributed by atoms with van der Waals surface area (Å²) in [6.45, 7) is 0.296. The van der Waals surface area contributed by atoms with Crippen LogP contribution in [-0.2, 0) is 4.79 Å². The van der Waals surface area contributed by atoms with E-state index in [0.29, 0.717) is 18.8 Å². The van der Waals surface area contributed by atoms with Crippen molar-refractivity contribution in [1.29, 1.82) is 0 Å². The van der Waals surface area contributed by atoms with Crippen molar-refractivity contribution in [3.05, 3.63) is 28.7 Å². The number of carboxylic acids is 1. The summed E-state index contributed by atoms with van der Waals surface area (Å²) < 4.78 is 6.25. The van der Waals surface area contributed by atoms with Crippen LogP contribution < -0.4 is 10.5 Å². The summed E-state index contributed by atoms with van der Waals surface area (Å²) >= 11 is 3.31. The second-order valence-electron chi connectivity index (χ2n) is 3.04. The number of halogens is 1. The first kappa shape index (κ1) is 12.0. The summed E-state index contributed by atoms with van der Waals surface area (Å²) in [5.74, 6) is -0.310. The maximum absolute atomic E-state index is 10.4. The van der Waals surface area contributed by atoms with Gasteiger partial charge in [-0.05, 0) is 18.2 Å². The van der Waals surface area contributed by atoms with E-state index in [4.69, 9.17) is 15.6 Å². The molecule has 0 saturated carbocycles. The highest BCUT2D eigenvalue weighted by molar-refractivity contribution is 9.10. The fourth-order valence-corrected chi connectivity index (χ4v) is 1.36. The molecule has 0 amide bonds. The first-order valence-corrected chi connectivity index (χ1v) is 5.25. The number of benzene rings is 1. The Hall–Kier alpha value is -1.07. The molecular weight excluding hydrogens is 262 g/mol. The average Bonchev–Trinajstić information content (AvgIpc) is 2.17. The molecule has 3 N–H and O–H groups in total. The monoisotopic (exact) mass is 273 g/mol. The van der Waals surface area contributed by atoms with Crippen LogP contribution in [0.1, 0.15) is 6.42 Å². The zero-order valence-electron chi connectivity index (χ0n) is 8.02. The van der Waals surface area contributed by atoms with E-state index >= 15 is 0 Å². The lowest BCUT2D eigenvalue weighted by Gasteiger charge is -2.08. The normalized spacial score (nSPS) is 12.1. The smallest absolute Gasteiger partial charge is 0.320 e. The van der Waals surface area contributed by atoms with Crippen LogP contribution in [0.3, 0.4) is 0 Å². The molecule has 0 bridgehead atoms. The molecule has 0 radical (unpaired) electrons. The molecule has 1 rings (SSSR count). The minimum absolute atomic E-state index is 0.293. The Morgan fingerprint density at radius 3 is 2.93 bits per heavy atom. The maximum atomic E-state index is 10.4. The Bertz CT molecular complexity index is 343. The second kappa shape index (κ2) is 5.72. The fraction of sp³-hybridized carbons (Fsp3) is 0.300. The van der Waals surface area contributed by atoms with Gasteiger partial charge in [0.2, 0.25) is 0 Å². The Morgan fingerprint density at radius 1 is 1.60 bits per heavy atom. The number of carboxylic acid groups (broad SMARTS) is 1. The van der Waals surface area contributed by atoms with Crippen LogP contribution in [0.2, 0.25) is 0 Å². The largest absolute Gasteiger partial charge is 0.493 e. The number of hydrogen-bond donors (Lipinski definition) is 2. The zero-order chi connectivity index (χ0) is 11.3. The van der Waals surface area contributed by atoms with Crippen molar-refractivity contribution in [2.45, 2.75) is 12.5 Å². The standard InChI is InChI=1S/C10H12BrNO3/c11-7-2-1-3-8(6-7)15-5-4-9(12)10(13)14/h1-3,6,9H,4-5,12H2,(H,13,14). The molecule has 0 aliphatic heterocycles. The number of carbonyl (C=O) groups is 1. The zero-order valence-corrected chi connectivity index (χ0v) is 9.61. The lowest BCUT2D eigenvalue weighted by molar-refractivity contribution is -0.138. The van der Waals surface area contributed by atoms with Crippen LogP contribution in [0.5, 0.6) is 5.75 Å². The van der Waals surface area contributed by atoms with E-state index in [1.807, 2.05) is 18.2 Å². The minimum atomic E-state index is -1.01. The summed E-state index contributed by atoms with van der Waals surface area (Å²) in [4.78, 5) is 10.4. The van der Waals surface area contributed by atoms with Crippen LogP contribution in [0, 0.1) is 0 Å². The van der Waals surface area contributed by atoms with Gasteiger partial charge in [-0.2, -0.15) is 0 Å². The Balaban J connectivity index is 2.35. The van der Waals surface area contributed by atoms with Crippen molar-refractivity contribution < 1.29 is 14.6 Å². The topological polar surface area (TPSA) is 72.5 Å². The molecule has 4 nitrogen and oxygen atoms in total. The minimum Gasteiger partial charge on any atom is -0.493 e. The lowest BCUT2D eigenvalue weighted by atomic mass is 10.2. The number of aliphatic carboxylic acids is 1. The van der Waals surface area contributed by atoms with Gasteiger partial charge in [0, 0.05) is 10.9 Å². The van der Waals surface area contributed by atoms with Gasteiger partial charge in [0.25, 0.3) is 0 Å². The highest BCUT2D eigenvalue weighted by Crippen LogP contribution is 2.17. The predicted molar refractivity (Wildman–Crippen MR) is 59.9 cm³/mol. The molecule has 0 aliphatic rings. The van der Waals surface area contributed by atoms with Crippen LogP contribution in [0.25, 0.3) is 0 Å². The summed E-state index contributed by atoms with van der Waals surface area (Å²) in [5.41, 5.74) is 5.32. The molecule has 0 aromatic heterocycles. The highest BCUT2D eigenvalue weighted by atomic mass is 79.9. The molecule has 1 aromatic carbocycles. The first-order valence-electron chi connectivity index (χ1n) is 4.46. The number of hydrogen-bond acceptors (Lipinski definition) is 3.